The minimum Gasteiger partial charge on any atom is -0.382 e. The number of hydrogen-bond acceptors (Lipinski definition) is 3. The van der Waals surface area contributed by atoms with E-state index in [9.17, 15) is 18.0 Å². The van der Waals surface area contributed by atoms with Crippen LogP contribution < -0.4 is 10.6 Å². The molecule has 4 nitrogen and oxygen atoms in total. The summed E-state index contributed by atoms with van der Waals surface area (Å²) in [6.07, 6.45) is -2.12. The molecule has 1 heterocycles. The molecule has 3 N–H and O–H groups in total. The Kier molecular flexibility index (Phi) is 6.09. The Morgan fingerprint density at radius 3 is 2.60 bits per heavy atom. The molecule has 1 saturated carbocycles. The first-order valence-electron chi connectivity index (χ1n) is 6.66. The highest BCUT2D eigenvalue weighted by Gasteiger charge is 2.40. The van der Waals surface area contributed by atoms with Gasteiger partial charge in [-0.2, -0.15) is 13.2 Å². The van der Waals surface area contributed by atoms with Crippen LogP contribution in [0.15, 0.2) is 0 Å². The lowest BCUT2D eigenvalue weighted by Gasteiger charge is -2.24. The largest absolute Gasteiger partial charge is 0.416 e. The highest BCUT2D eigenvalue weighted by molar-refractivity contribution is 5.85. The number of alkyl halides is 3. The molecule has 8 heteroatoms. The minimum absolute atomic E-state index is 0. The minimum atomic E-state index is -4.69. The van der Waals surface area contributed by atoms with Crippen molar-refractivity contribution in [3.8, 4) is 0 Å². The lowest BCUT2D eigenvalue weighted by atomic mass is 9.85. The maximum Gasteiger partial charge on any atom is 0.416 e. The number of aliphatic hydroxyl groups excluding tert-OH is 1. The van der Waals surface area contributed by atoms with Crippen molar-refractivity contribution >= 4 is 18.3 Å². The second-order valence-corrected chi connectivity index (χ2v) is 5.41. The fourth-order valence-corrected chi connectivity index (χ4v) is 2.96. The standard InChI is InChI=1S/C12H19F3N2O2.ClH/c13-12(14,15)10(18)6-16-11(19)9-5-7-3-1-2-4-8(7)17-9;/h7-10,17-18H,1-6H2,(H,16,19);1H. The first-order chi connectivity index (χ1) is 8.88. The number of fused-ring (bicyclic) bond motifs is 1. The maximum atomic E-state index is 12.1. The molecule has 1 aliphatic heterocycles. The number of carbonyl (C=O) groups is 1. The van der Waals surface area contributed by atoms with Gasteiger partial charge in [0.25, 0.3) is 0 Å². The molecule has 0 spiro atoms. The van der Waals surface area contributed by atoms with Crippen molar-refractivity contribution < 1.29 is 23.1 Å². The van der Waals surface area contributed by atoms with Crippen molar-refractivity contribution in [3.05, 3.63) is 0 Å². The highest BCUT2D eigenvalue weighted by atomic mass is 35.5. The van der Waals surface area contributed by atoms with Crippen LogP contribution in [0.3, 0.4) is 0 Å². The van der Waals surface area contributed by atoms with Crippen molar-refractivity contribution in [2.45, 2.75) is 56.5 Å². The van der Waals surface area contributed by atoms with Crippen molar-refractivity contribution in [1.29, 1.82) is 0 Å². The summed E-state index contributed by atoms with van der Waals surface area (Å²) in [5.41, 5.74) is 0. The summed E-state index contributed by atoms with van der Waals surface area (Å²) in [6, 6.07) is -0.106. The Labute approximate surface area is 121 Å². The van der Waals surface area contributed by atoms with Gasteiger partial charge in [0.1, 0.15) is 0 Å². The summed E-state index contributed by atoms with van der Waals surface area (Å²) in [7, 11) is 0. The number of hydrogen-bond donors (Lipinski definition) is 3. The number of rotatable bonds is 3. The van der Waals surface area contributed by atoms with Gasteiger partial charge in [-0.25, -0.2) is 0 Å². The normalized spacial score (nSPS) is 31.1. The van der Waals surface area contributed by atoms with Gasteiger partial charge < -0.3 is 15.7 Å². The molecule has 0 aromatic rings. The monoisotopic (exact) mass is 316 g/mol. The molecule has 2 rings (SSSR count). The Morgan fingerprint density at radius 2 is 2.00 bits per heavy atom. The molecular weight excluding hydrogens is 297 g/mol. The average Bonchev–Trinajstić information content (AvgIpc) is 2.78. The van der Waals surface area contributed by atoms with Gasteiger partial charge in [0.05, 0.1) is 12.6 Å². The van der Waals surface area contributed by atoms with Crippen LogP contribution in [0.1, 0.15) is 32.1 Å². The third kappa shape index (κ3) is 4.23. The molecule has 1 amide bonds. The number of amides is 1. The number of aliphatic hydroxyl groups is 1. The van der Waals surface area contributed by atoms with Crippen LogP contribution in [-0.2, 0) is 4.79 Å². The lowest BCUT2D eigenvalue weighted by Crippen LogP contribution is -2.47. The van der Waals surface area contributed by atoms with E-state index in [1.807, 2.05) is 0 Å². The van der Waals surface area contributed by atoms with E-state index in [2.05, 4.69) is 10.6 Å². The first-order valence-corrected chi connectivity index (χ1v) is 6.66. The van der Waals surface area contributed by atoms with Crippen LogP contribution in [0.2, 0.25) is 0 Å². The first kappa shape index (κ1) is 17.5. The van der Waals surface area contributed by atoms with E-state index in [1.165, 1.54) is 0 Å². The third-order valence-corrected chi connectivity index (χ3v) is 4.03. The molecule has 2 fully saturated rings. The quantitative estimate of drug-likeness (QED) is 0.737. The second kappa shape index (κ2) is 6.95. The van der Waals surface area contributed by atoms with Crippen molar-refractivity contribution in [3.63, 3.8) is 0 Å². The molecule has 0 radical (unpaired) electrons. The zero-order valence-corrected chi connectivity index (χ0v) is 11.8. The summed E-state index contributed by atoms with van der Waals surface area (Å²) in [5, 5.41) is 14.2. The van der Waals surface area contributed by atoms with E-state index in [0.717, 1.165) is 25.7 Å². The van der Waals surface area contributed by atoms with Crippen LogP contribution in [0.5, 0.6) is 0 Å². The maximum absolute atomic E-state index is 12.1. The second-order valence-electron chi connectivity index (χ2n) is 5.41. The molecule has 0 aromatic carbocycles. The van der Waals surface area contributed by atoms with E-state index in [1.54, 1.807) is 0 Å². The number of carbonyl (C=O) groups excluding carboxylic acids is 1. The van der Waals surface area contributed by atoms with Gasteiger partial charge in [0.2, 0.25) is 5.91 Å². The highest BCUT2D eigenvalue weighted by Crippen LogP contribution is 2.33. The van der Waals surface area contributed by atoms with Crippen molar-refractivity contribution in [2.75, 3.05) is 6.54 Å². The molecule has 1 aliphatic carbocycles. The van der Waals surface area contributed by atoms with Crippen LogP contribution >= 0.6 is 12.4 Å². The Morgan fingerprint density at radius 1 is 1.35 bits per heavy atom. The van der Waals surface area contributed by atoms with E-state index in [-0.39, 0.29) is 12.4 Å². The molecular formula is C12H20ClF3N2O2. The summed E-state index contributed by atoms with van der Waals surface area (Å²) in [6.45, 7) is -0.782. The van der Waals surface area contributed by atoms with Crippen molar-refractivity contribution in [2.24, 2.45) is 5.92 Å². The van der Waals surface area contributed by atoms with Crippen LogP contribution in [0.25, 0.3) is 0 Å². The van der Waals surface area contributed by atoms with Crippen LogP contribution in [-0.4, -0.2) is 41.9 Å². The topological polar surface area (TPSA) is 61.4 Å². The predicted octanol–water partition coefficient (Wildman–Crippen LogP) is 1.37. The Bertz CT molecular complexity index is 327. The molecule has 4 atom stereocenters. The zero-order chi connectivity index (χ0) is 14.0. The van der Waals surface area contributed by atoms with Gasteiger partial charge in [-0.3, -0.25) is 4.79 Å². The van der Waals surface area contributed by atoms with Gasteiger partial charge in [-0.15, -0.1) is 12.4 Å². The van der Waals surface area contributed by atoms with Gasteiger partial charge in [0.15, 0.2) is 6.10 Å². The van der Waals surface area contributed by atoms with Gasteiger partial charge in [0, 0.05) is 6.04 Å². The fourth-order valence-electron chi connectivity index (χ4n) is 2.96. The van der Waals surface area contributed by atoms with Crippen molar-refractivity contribution in [1.82, 2.24) is 10.6 Å². The molecule has 0 aromatic heterocycles. The summed E-state index contributed by atoms with van der Waals surface area (Å²) in [5.74, 6) is 0.00902. The third-order valence-electron chi connectivity index (χ3n) is 4.03. The SMILES string of the molecule is Cl.O=C(NCC(O)C(F)(F)F)C1CC2CCCCC2N1. The molecule has 2 aliphatic rings. The summed E-state index contributed by atoms with van der Waals surface area (Å²) >= 11 is 0. The van der Waals surface area contributed by atoms with E-state index in [4.69, 9.17) is 5.11 Å². The molecule has 118 valence electrons. The summed E-state index contributed by atoms with van der Waals surface area (Å²) < 4.78 is 36.3. The van der Waals surface area contributed by atoms with Gasteiger partial charge >= 0.3 is 6.18 Å². The van der Waals surface area contributed by atoms with E-state index >= 15 is 0 Å². The number of nitrogens with one attached hydrogen (secondary N) is 2. The molecule has 20 heavy (non-hydrogen) atoms. The number of halogens is 4. The van der Waals surface area contributed by atoms with Gasteiger partial charge in [-0.05, 0) is 25.2 Å². The predicted molar refractivity (Wildman–Crippen MR) is 69.6 cm³/mol. The van der Waals surface area contributed by atoms with E-state index in [0.29, 0.717) is 18.4 Å². The van der Waals surface area contributed by atoms with Gasteiger partial charge in [-0.1, -0.05) is 12.8 Å². The van der Waals surface area contributed by atoms with Crippen LogP contribution in [0.4, 0.5) is 13.2 Å². The Hall–Kier alpha value is -0.530. The average molecular weight is 317 g/mol. The summed E-state index contributed by atoms with van der Waals surface area (Å²) in [4.78, 5) is 11.8. The molecule has 0 bridgehead atoms. The Balaban J connectivity index is 0.00000200. The fraction of sp³-hybridized carbons (Fsp3) is 0.917. The molecule has 4 unspecified atom stereocenters. The smallest absolute Gasteiger partial charge is 0.382 e. The molecule has 1 saturated heterocycles. The lowest BCUT2D eigenvalue weighted by molar-refractivity contribution is -0.201. The zero-order valence-electron chi connectivity index (χ0n) is 10.9. The van der Waals surface area contributed by atoms with Crippen LogP contribution in [0, 0.1) is 5.92 Å². The van der Waals surface area contributed by atoms with E-state index < -0.39 is 30.8 Å².